The minimum atomic E-state index is -0.833. The van der Waals surface area contributed by atoms with Gasteiger partial charge in [0.15, 0.2) is 0 Å². The fourth-order valence-corrected chi connectivity index (χ4v) is 3.97. The number of carbonyl (C=O) groups excluding carboxylic acids is 1. The highest BCUT2D eigenvalue weighted by Gasteiger charge is 2.36. The Morgan fingerprint density at radius 3 is 2.28 bits per heavy atom. The van der Waals surface area contributed by atoms with E-state index in [4.69, 9.17) is 10.5 Å². The number of thioether (sulfide) groups is 1. The number of benzene rings is 1. The zero-order valence-corrected chi connectivity index (χ0v) is 15.5. The molecule has 5 nitrogen and oxygen atoms in total. The molecule has 0 aliphatic carbocycles. The fourth-order valence-electron chi connectivity index (χ4n) is 2.77. The van der Waals surface area contributed by atoms with E-state index in [1.807, 2.05) is 38.8 Å². The highest BCUT2D eigenvalue weighted by Crippen LogP contribution is 2.38. The van der Waals surface area contributed by atoms with Crippen LogP contribution in [-0.2, 0) is 4.74 Å². The lowest BCUT2D eigenvalue weighted by atomic mass is 10.2. The number of hydrogen-bond acceptors (Lipinski definition) is 5. The first-order chi connectivity index (χ1) is 11.7. The zero-order valence-electron chi connectivity index (χ0n) is 14.7. The molecule has 1 atom stereocenters. The van der Waals surface area contributed by atoms with Crippen LogP contribution >= 0.6 is 11.8 Å². The highest BCUT2D eigenvalue weighted by molar-refractivity contribution is 8.03. The molecule has 0 radical (unpaired) electrons. The number of nitrogens with zero attached hydrogens (tertiary/aromatic N) is 2. The second kappa shape index (κ2) is 7.95. The Balaban J connectivity index is 2.30. The maximum absolute atomic E-state index is 13.5. The van der Waals surface area contributed by atoms with Crippen LogP contribution in [0.15, 0.2) is 34.3 Å². The van der Waals surface area contributed by atoms with Gasteiger partial charge in [0.1, 0.15) is 24.4 Å². The van der Waals surface area contributed by atoms with Gasteiger partial charge in [0.2, 0.25) is 0 Å². The molecule has 0 spiro atoms. The molecule has 25 heavy (non-hydrogen) atoms. The Morgan fingerprint density at radius 1 is 1.20 bits per heavy atom. The Hall–Kier alpha value is -1.96. The van der Waals surface area contributed by atoms with Crippen molar-refractivity contribution >= 4 is 17.9 Å². The molecule has 2 N–H and O–H groups in total. The van der Waals surface area contributed by atoms with Crippen molar-refractivity contribution in [2.45, 2.75) is 50.8 Å². The van der Waals surface area contributed by atoms with Crippen LogP contribution in [0, 0.1) is 11.6 Å². The summed E-state index contributed by atoms with van der Waals surface area (Å²) >= 11 is 1.27. The van der Waals surface area contributed by atoms with E-state index in [-0.39, 0.29) is 24.9 Å². The molecule has 0 saturated carbocycles. The predicted molar refractivity (Wildman–Crippen MR) is 93.6 cm³/mol. The normalized spacial score (nSPS) is 17.4. The second-order valence-electron chi connectivity index (χ2n) is 6.33. The molecule has 8 heteroatoms. The summed E-state index contributed by atoms with van der Waals surface area (Å²) in [5, 5.41) is 0.826. The summed E-state index contributed by atoms with van der Waals surface area (Å²) in [5.74, 6) is -1.24. The van der Waals surface area contributed by atoms with E-state index >= 15 is 0 Å². The van der Waals surface area contributed by atoms with Crippen molar-refractivity contribution in [2.24, 2.45) is 5.73 Å². The van der Waals surface area contributed by atoms with Crippen LogP contribution in [0.5, 0.6) is 0 Å². The summed E-state index contributed by atoms with van der Waals surface area (Å²) in [6.07, 6.45) is 0.863. The first kappa shape index (κ1) is 19.4. The van der Waals surface area contributed by atoms with E-state index < -0.39 is 17.7 Å². The number of halogens is 2. The minimum absolute atomic E-state index is 0.0855. The molecule has 1 aromatic carbocycles. The number of carbonyl (C=O) groups is 1. The van der Waals surface area contributed by atoms with Crippen LogP contribution in [0.25, 0.3) is 0 Å². The van der Waals surface area contributed by atoms with E-state index in [9.17, 15) is 13.6 Å². The van der Waals surface area contributed by atoms with E-state index in [1.165, 1.54) is 23.9 Å². The van der Waals surface area contributed by atoms with Crippen molar-refractivity contribution in [1.29, 1.82) is 0 Å². The Morgan fingerprint density at radius 2 is 1.80 bits per heavy atom. The first-order valence-electron chi connectivity index (χ1n) is 8.02. The molecule has 0 aromatic heterocycles. The van der Waals surface area contributed by atoms with Crippen molar-refractivity contribution in [1.82, 2.24) is 9.80 Å². The molecular weight excluding hydrogens is 348 g/mol. The maximum atomic E-state index is 13.5. The average molecular weight is 371 g/mol. The van der Waals surface area contributed by atoms with E-state index in [1.54, 1.807) is 0 Å². The van der Waals surface area contributed by atoms with E-state index in [0.29, 0.717) is 4.90 Å². The lowest BCUT2D eigenvalue weighted by molar-refractivity contribution is 0.0381. The van der Waals surface area contributed by atoms with Crippen molar-refractivity contribution in [3.05, 3.63) is 41.1 Å². The van der Waals surface area contributed by atoms with Crippen LogP contribution in [-0.4, -0.2) is 40.7 Å². The maximum Gasteiger partial charge on any atom is 0.404 e. The fraction of sp³-hybridized carbons (Fsp3) is 0.471. The molecule has 1 unspecified atom stereocenters. The molecule has 138 valence electrons. The minimum Gasteiger partial charge on any atom is -0.446 e. The summed E-state index contributed by atoms with van der Waals surface area (Å²) < 4.78 is 32.0. The van der Waals surface area contributed by atoms with Crippen molar-refractivity contribution in [3.8, 4) is 0 Å². The number of primary amides is 1. The van der Waals surface area contributed by atoms with Gasteiger partial charge in [0.25, 0.3) is 0 Å². The number of ether oxygens (including phenoxy) is 1. The Bertz CT molecular complexity index is 647. The smallest absolute Gasteiger partial charge is 0.404 e. The number of rotatable bonds is 6. The van der Waals surface area contributed by atoms with Crippen LogP contribution < -0.4 is 5.73 Å². The van der Waals surface area contributed by atoms with Gasteiger partial charge in [-0.25, -0.2) is 13.6 Å². The molecule has 1 amide bonds. The van der Waals surface area contributed by atoms with Crippen molar-refractivity contribution < 1.29 is 18.3 Å². The zero-order chi connectivity index (χ0) is 18.7. The molecule has 0 saturated heterocycles. The summed E-state index contributed by atoms with van der Waals surface area (Å²) in [4.78, 5) is 15.6. The molecular formula is C17H23F2N3O2S. The third-order valence-corrected chi connectivity index (χ3v) is 4.76. The Kier molecular flexibility index (Phi) is 6.16. The molecule has 0 fully saturated rings. The van der Waals surface area contributed by atoms with Gasteiger partial charge in [-0.05, 0) is 39.8 Å². The molecule has 0 bridgehead atoms. The largest absolute Gasteiger partial charge is 0.446 e. The van der Waals surface area contributed by atoms with Gasteiger partial charge < -0.3 is 20.3 Å². The summed E-state index contributed by atoms with van der Waals surface area (Å²) in [6.45, 7) is 8.14. The van der Waals surface area contributed by atoms with Gasteiger partial charge in [0.05, 0.1) is 5.03 Å². The van der Waals surface area contributed by atoms with Crippen LogP contribution in [0.2, 0.25) is 0 Å². The van der Waals surface area contributed by atoms with E-state index in [2.05, 4.69) is 4.90 Å². The highest BCUT2D eigenvalue weighted by atomic mass is 32.2. The van der Waals surface area contributed by atoms with E-state index in [0.717, 1.165) is 11.1 Å². The van der Waals surface area contributed by atoms with Crippen molar-refractivity contribution in [2.75, 3.05) is 6.61 Å². The quantitative estimate of drug-likeness (QED) is 0.826. The third kappa shape index (κ3) is 4.78. The van der Waals surface area contributed by atoms with Crippen LogP contribution in [0.3, 0.4) is 0 Å². The van der Waals surface area contributed by atoms with Crippen LogP contribution in [0.1, 0.15) is 27.7 Å². The number of amides is 1. The molecule has 1 aromatic rings. The van der Waals surface area contributed by atoms with Gasteiger partial charge in [-0.2, -0.15) is 0 Å². The lowest BCUT2D eigenvalue weighted by Crippen LogP contribution is -2.48. The lowest BCUT2D eigenvalue weighted by Gasteiger charge is -2.37. The third-order valence-electron chi connectivity index (χ3n) is 3.77. The van der Waals surface area contributed by atoms with Gasteiger partial charge in [-0.15, -0.1) is 0 Å². The predicted octanol–water partition coefficient (Wildman–Crippen LogP) is 3.71. The van der Waals surface area contributed by atoms with Gasteiger partial charge in [0, 0.05) is 29.2 Å². The summed E-state index contributed by atoms with van der Waals surface area (Å²) in [7, 11) is 0. The molecule has 2 rings (SSSR count). The molecule has 1 aliphatic rings. The Labute approximate surface area is 150 Å². The first-order valence-corrected chi connectivity index (χ1v) is 8.84. The monoisotopic (exact) mass is 371 g/mol. The van der Waals surface area contributed by atoms with Gasteiger partial charge in [-0.3, -0.25) is 0 Å². The standard InChI is InChI=1S/C17H23F2N3O2S/c1-10(2)21-8-16(25-14-6-12(18)5-13(19)7-14)22(11(3)4)15(21)9-24-17(20)23/h5-8,10-11,15H,9H2,1-4H3,(H2,20,23). The number of hydrogen-bond donors (Lipinski definition) is 1. The summed E-state index contributed by atoms with van der Waals surface area (Å²) in [6, 6.07) is 3.66. The molecule has 1 aliphatic heterocycles. The van der Waals surface area contributed by atoms with Gasteiger partial charge >= 0.3 is 6.09 Å². The van der Waals surface area contributed by atoms with Gasteiger partial charge in [-0.1, -0.05) is 11.8 Å². The topological polar surface area (TPSA) is 58.8 Å². The SMILES string of the molecule is CC(C)N1C=C(Sc2cc(F)cc(F)c2)N(C(C)C)C1COC(N)=O. The number of nitrogens with two attached hydrogens (primary N) is 1. The molecule has 1 heterocycles. The van der Waals surface area contributed by atoms with Crippen LogP contribution in [0.4, 0.5) is 13.6 Å². The second-order valence-corrected chi connectivity index (χ2v) is 7.42. The van der Waals surface area contributed by atoms with Crippen molar-refractivity contribution in [3.63, 3.8) is 0 Å². The summed E-state index contributed by atoms with van der Waals surface area (Å²) in [5.41, 5.74) is 5.10. The average Bonchev–Trinajstić information content (AvgIpc) is 2.82.